The Morgan fingerprint density at radius 3 is 3.00 bits per heavy atom. The highest BCUT2D eigenvalue weighted by Crippen LogP contribution is 2.31. The molecule has 2 heterocycles. The molecule has 2 aromatic rings. The molecule has 18 heavy (non-hydrogen) atoms. The maximum Gasteiger partial charge on any atom is 0.150 e. The summed E-state index contributed by atoms with van der Waals surface area (Å²) in [6, 6.07) is 8.46. The molecule has 0 aliphatic carbocycles. The first-order valence-electron chi connectivity index (χ1n) is 6.47. The molecule has 0 fully saturated rings. The fraction of sp³-hybridized carbons (Fsp3) is 0.400. The molecule has 1 unspecified atom stereocenters. The molecule has 1 atom stereocenters. The minimum Gasteiger partial charge on any atom is -0.326 e. The third-order valence-corrected chi connectivity index (χ3v) is 3.97. The van der Waals surface area contributed by atoms with E-state index in [-0.39, 0.29) is 0 Å². The zero-order chi connectivity index (χ0) is 12.7. The van der Waals surface area contributed by atoms with Gasteiger partial charge in [0, 0.05) is 12.1 Å². The molecular weight excluding hydrogens is 244 g/mol. The number of hydrogen-bond donors (Lipinski definition) is 0. The Hall–Kier alpha value is -1.28. The predicted octanol–water partition coefficient (Wildman–Crippen LogP) is 4.09. The number of halogens is 1. The molecule has 2 nitrogen and oxygen atoms in total. The second-order valence-electron chi connectivity index (χ2n) is 5.30. The summed E-state index contributed by atoms with van der Waals surface area (Å²) in [6.07, 6.45) is 2.25. The highest BCUT2D eigenvalue weighted by molar-refractivity contribution is 6.30. The van der Waals surface area contributed by atoms with Crippen molar-refractivity contribution in [3.05, 3.63) is 40.7 Å². The minimum absolute atomic E-state index is 0.679. The summed E-state index contributed by atoms with van der Waals surface area (Å²) < 4.78 is 2.30. The Morgan fingerprint density at radius 2 is 2.22 bits per heavy atom. The fourth-order valence-corrected chi connectivity index (χ4v) is 2.96. The lowest BCUT2D eigenvalue weighted by atomic mass is 10.00. The van der Waals surface area contributed by atoms with Gasteiger partial charge in [0.05, 0.1) is 5.69 Å². The summed E-state index contributed by atoms with van der Waals surface area (Å²) in [5, 5.41) is 0.679. The molecule has 1 aromatic heterocycles. The first-order chi connectivity index (χ1) is 8.65. The van der Waals surface area contributed by atoms with Crippen LogP contribution in [0.25, 0.3) is 11.4 Å². The van der Waals surface area contributed by atoms with E-state index in [1.54, 1.807) is 0 Å². The van der Waals surface area contributed by atoms with Crippen molar-refractivity contribution in [3.8, 4) is 11.4 Å². The molecular formula is C15H17ClN2. The van der Waals surface area contributed by atoms with Gasteiger partial charge in [-0.3, -0.25) is 0 Å². The van der Waals surface area contributed by atoms with Gasteiger partial charge in [0.25, 0.3) is 0 Å². The lowest BCUT2D eigenvalue weighted by Gasteiger charge is -2.22. The lowest BCUT2D eigenvalue weighted by molar-refractivity contribution is 0.402. The fourth-order valence-electron chi connectivity index (χ4n) is 2.68. The zero-order valence-corrected chi connectivity index (χ0v) is 11.5. The van der Waals surface area contributed by atoms with Crippen LogP contribution in [0.4, 0.5) is 0 Å². The summed E-state index contributed by atoms with van der Waals surface area (Å²) >= 11 is 6.27. The third kappa shape index (κ3) is 1.95. The minimum atomic E-state index is 0.679. The molecule has 0 amide bonds. The number of fused-ring (bicyclic) bond motifs is 1. The number of benzene rings is 1. The van der Waals surface area contributed by atoms with E-state index in [1.165, 1.54) is 17.7 Å². The molecule has 0 saturated carbocycles. The van der Waals surface area contributed by atoms with Crippen LogP contribution in [-0.4, -0.2) is 9.55 Å². The van der Waals surface area contributed by atoms with Crippen LogP contribution in [-0.2, 0) is 13.0 Å². The van der Waals surface area contributed by atoms with E-state index in [0.29, 0.717) is 11.1 Å². The zero-order valence-electron chi connectivity index (χ0n) is 10.8. The number of aryl methyl sites for hydroxylation is 1. The molecule has 0 spiro atoms. The Kier molecular flexibility index (Phi) is 2.90. The number of hydrogen-bond acceptors (Lipinski definition) is 1. The predicted molar refractivity (Wildman–Crippen MR) is 74.9 cm³/mol. The van der Waals surface area contributed by atoms with E-state index < -0.39 is 0 Å². The van der Waals surface area contributed by atoms with Crippen LogP contribution in [0, 0.1) is 12.8 Å². The van der Waals surface area contributed by atoms with Crippen molar-refractivity contribution < 1.29 is 0 Å². The van der Waals surface area contributed by atoms with Crippen molar-refractivity contribution in [2.24, 2.45) is 5.92 Å². The number of rotatable bonds is 1. The highest BCUT2D eigenvalue weighted by Gasteiger charge is 2.22. The van der Waals surface area contributed by atoms with Crippen LogP contribution >= 0.6 is 11.6 Å². The van der Waals surface area contributed by atoms with Gasteiger partial charge >= 0.3 is 0 Å². The monoisotopic (exact) mass is 260 g/mol. The number of nitrogens with zero attached hydrogens (tertiary/aromatic N) is 2. The number of imidazole rings is 1. The van der Waals surface area contributed by atoms with Crippen LogP contribution in [0.15, 0.2) is 24.3 Å². The molecule has 1 aliphatic heterocycles. The molecule has 1 aromatic carbocycles. The van der Waals surface area contributed by atoms with E-state index in [0.717, 1.165) is 24.4 Å². The Bertz CT molecular complexity index is 586. The maximum atomic E-state index is 6.27. The van der Waals surface area contributed by atoms with Crippen LogP contribution < -0.4 is 0 Å². The largest absolute Gasteiger partial charge is 0.326 e. The van der Waals surface area contributed by atoms with Crippen molar-refractivity contribution in [2.75, 3.05) is 0 Å². The average molecular weight is 261 g/mol. The van der Waals surface area contributed by atoms with Crippen LogP contribution in [0.2, 0.25) is 5.15 Å². The van der Waals surface area contributed by atoms with Gasteiger partial charge in [0.2, 0.25) is 0 Å². The van der Waals surface area contributed by atoms with Gasteiger partial charge in [-0.1, -0.05) is 42.3 Å². The molecule has 3 rings (SSSR count). The Balaban J connectivity index is 2.13. The van der Waals surface area contributed by atoms with Gasteiger partial charge in [0.15, 0.2) is 5.15 Å². The smallest absolute Gasteiger partial charge is 0.150 e. The van der Waals surface area contributed by atoms with Gasteiger partial charge in [0.1, 0.15) is 5.82 Å². The van der Waals surface area contributed by atoms with E-state index in [1.807, 2.05) is 0 Å². The van der Waals surface area contributed by atoms with Crippen molar-refractivity contribution in [1.82, 2.24) is 9.55 Å². The topological polar surface area (TPSA) is 17.8 Å². The molecule has 0 N–H and O–H groups in total. The van der Waals surface area contributed by atoms with E-state index in [9.17, 15) is 0 Å². The summed E-state index contributed by atoms with van der Waals surface area (Å²) in [5.74, 6) is 1.72. The van der Waals surface area contributed by atoms with Crippen molar-refractivity contribution >= 4 is 11.6 Å². The third-order valence-electron chi connectivity index (χ3n) is 3.67. The molecule has 3 heteroatoms. The Labute approximate surface area is 113 Å². The van der Waals surface area contributed by atoms with Gasteiger partial charge in [-0.2, -0.15) is 0 Å². The van der Waals surface area contributed by atoms with Gasteiger partial charge in [-0.05, 0) is 31.7 Å². The van der Waals surface area contributed by atoms with Crippen molar-refractivity contribution in [2.45, 2.75) is 33.2 Å². The lowest BCUT2D eigenvalue weighted by Crippen LogP contribution is -2.18. The van der Waals surface area contributed by atoms with E-state index in [2.05, 4.69) is 47.7 Å². The molecule has 1 aliphatic rings. The first-order valence-corrected chi connectivity index (χ1v) is 6.85. The summed E-state index contributed by atoms with van der Waals surface area (Å²) in [7, 11) is 0. The second-order valence-corrected chi connectivity index (χ2v) is 5.65. The second kappa shape index (κ2) is 4.43. The van der Waals surface area contributed by atoms with Crippen LogP contribution in [0.3, 0.4) is 0 Å². The maximum absolute atomic E-state index is 6.27. The summed E-state index contributed by atoms with van der Waals surface area (Å²) in [6.45, 7) is 5.42. The molecule has 0 bridgehead atoms. The van der Waals surface area contributed by atoms with Crippen LogP contribution in [0.5, 0.6) is 0 Å². The van der Waals surface area contributed by atoms with Crippen molar-refractivity contribution in [3.63, 3.8) is 0 Å². The average Bonchev–Trinajstić information content (AvgIpc) is 2.66. The SMILES string of the molecule is Cc1cccc(-c2nc(Cl)c3n2CC(C)CC3)c1. The van der Waals surface area contributed by atoms with Gasteiger partial charge in [-0.15, -0.1) is 0 Å². The van der Waals surface area contributed by atoms with Gasteiger partial charge < -0.3 is 4.57 Å². The Morgan fingerprint density at radius 1 is 1.39 bits per heavy atom. The van der Waals surface area contributed by atoms with Crippen molar-refractivity contribution in [1.29, 1.82) is 0 Å². The number of aromatic nitrogens is 2. The standard InChI is InChI=1S/C15H17ClN2/c1-10-4-3-5-12(8-10)15-17-14(16)13-7-6-11(2)9-18(13)15/h3-5,8,11H,6-7,9H2,1-2H3. The molecule has 94 valence electrons. The first kappa shape index (κ1) is 11.8. The quantitative estimate of drug-likeness (QED) is 0.755. The molecule has 0 saturated heterocycles. The van der Waals surface area contributed by atoms with Gasteiger partial charge in [-0.25, -0.2) is 4.98 Å². The van der Waals surface area contributed by atoms with E-state index in [4.69, 9.17) is 11.6 Å². The molecule has 0 radical (unpaired) electrons. The van der Waals surface area contributed by atoms with E-state index >= 15 is 0 Å². The van der Waals surface area contributed by atoms with Crippen LogP contribution in [0.1, 0.15) is 24.6 Å². The highest BCUT2D eigenvalue weighted by atomic mass is 35.5. The summed E-state index contributed by atoms with van der Waals surface area (Å²) in [5.41, 5.74) is 3.62. The normalized spacial score (nSPS) is 18.7. The summed E-state index contributed by atoms with van der Waals surface area (Å²) in [4.78, 5) is 4.57.